The summed E-state index contributed by atoms with van der Waals surface area (Å²) < 4.78 is 28.8. The van der Waals surface area contributed by atoms with Crippen LogP contribution >= 0.6 is 0 Å². The van der Waals surface area contributed by atoms with E-state index in [1.165, 1.54) is 60.9 Å². The molecule has 1 aliphatic rings. The summed E-state index contributed by atoms with van der Waals surface area (Å²) in [6.07, 6.45) is 2.68. The van der Waals surface area contributed by atoms with E-state index in [-0.39, 0.29) is 29.3 Å². The third-order valence-corrected chi connectivity index (χ3v) is 5.17. The Labute approximate surface area is 181 Å². The van der Waals surface area contributed by atoms with E-state index in [4.69, 9.17) is 0 Å². The van der Waals surface area contributed by atoms with Crippen LogP contribution in [-0.4, -0.2) is 21.6 Å². The third-order valence-electron chi connectivity index (χ3n) is 5.17. The van der Waals surface area contributed by atoms with Crippen molar-refractivity contribution >= 4 is 17.5 Å². The quantitative estimate of drug-likeness (QED) is 0.658. The molecule has 2 heterocycles. The SMILES string of the molecule is Cc1cc(F)c(-n2ncccc2=O)cc1NC(=O)C1=CNC(=O)C[C@H]1c1ccc(F)cc1. The van der Waals surface area contributed by atoms with Crippen LogP contribution in [0.4, 0.5) is 14.5 Å². The van der Waals surface area contributed by atoms with Gasteiger partial charge < -0.3 is 10.6 Å². The van der Waals surface area contributed by atoms with Crippen LogP contribution in [0.15, 0.2) is 71.3 Å². The van der Waals surface area contributed by atoms with Gasteiger partial charge in [-0.1, -0.05) is 12.1 Å². The van der Waals surface area contributed by atoms with Crippen LogP contribution in [0, 0.1) is 18.6 Å². The van der Waals surface area contributed by atoms with Crippen molar-refractivity contribution in [3.05, 3.63) is 99.6 Å². The lowest BCUT2D eigenvalue weighted by Crippen LogP contribution is -2.32. The molecule has 3 aromatic rings. The molecule has 2 aromatic carbocycles. The minimum atomic E-state index is -0.672. The number of amides is 2. The predicted octanol–water partition coefficient (Wildman–Crippen LogP) is 2.95. The number of anilines is 1. The Balaban J connectivity index is 1.67. The molecule has 2 N–H and O–H groups in total. The lowest BCUT2D eigenvalue weighted by atomic mass is 9.86. The molecule has 2 amide bonds. The molecular formula is C23H18F2N4O3. The van der Waals surface area contributed by atoms with Gasteiger partial charge in [0.1, 0.15) is 17.3 Å². The maximum atomic E-state index is 14.5. The highest BCUT2D eigenvalue weighted by molar-refractivity contribution is 6.06. The van der Waals surface area contributed by atoms with Gasteiger partial charge in [0.05, 0.1) is 0 Å². The van der Waals surface area contributed by atoms with Gasteiger partial charge in [-0.3, -0.25) is 14.4 Å². The van der Waals surface area contributed by atoms with Gasteiger partial charge in [0, 0.05) is 42.1 Å². The number of carbonyl (C=O) groups excluding carboxylic acids is 2. The van der Waals surface area contributed by atoms with E-state index in [0.29, 0.717) is 11.1 Å². The molecule has 0 bridgehead atoms. The Morgan fingerprint density at radius 3 is 2.62 bits per heavy atom. The number of halogens is 2. The second kappa shape index (κ2) is 8.54. The van der Waals surface area contributed by atoms with E-state index < -0.39 is 29.0 Å². The van der Waals surface area contributed by atoms with Crippen molar-refractivity contribution in [1.82, 2.24) is 15.1 Å². The fourth-order valence-electron chi connectivity index (χ4n) is 3.52. The van der Waals surface area contributed by atoms with Crippen molar-refractivity contribution in [3.8, 4) is 5.69 Å². The standard InChI is InChI=1S/C23H18F2N4O3/c1-13-9-18(25)20(29-22(31)3-2-8-27-29)11-19(13)28-23(32)17-12-26-21(30)10-16(17)14-4-6-15(24)7-5-14/h2-9,11-12,16H,10H2,1H3,(H,26,30)(H,28,32)/t16-/m0/s1. The highest BCUT2D eigenvalue weighted by atomic mass is 19.1. The van der Waals surface area contributed by atoms with E-state index in [9.17, 15) is 23.2 Å². The van der Waals surface area contributed by atoms with Crippen LogP contribution in [0.2, 0.25) is 0 Å². The predicted molar refractivity (Wildman–Crippen MR) is 113 cm³/mol. The highest BCUT2D eigenvalue weighted by Gasteiger charge is 2.29. The zero-order valence-electron chi connectivity index (χ0n) is 16.9. The van der Waals surface area contributed by atoms with Gasteiger partial charge in [-0.25, -0.2) is 8.78 Å². The Hall–Kier alpha value is -4.14. The number of nitrogens with zero attached hydrogens (tertiary/aromatic N) is 2. The van der Waals surface area contributed by atoms with E-state index in [0.717, 1.165) is 4.68 Å². The molecule has 0 aliphatic carbocycles. The molecule has 4 rings (SSSR count). The molecular weight excluding hydrogens is 418 g/mol. The second-order valence-corrected chi connectivity index (χ2v) is 7.32. The van der Waals surface area contributed by atoms with Gasteiger partial charge in [0.25, 0.3) is 11.5 Å². The molecule has 162 valence electrons. The lowest BCUT2D eigenvalue weighted by molar-refractivity contribution is -0.121. The molecule has 9 heteroatoms. The van der Waals surface area contributed by atoms with Gasteiger partial charge in [0.2, 0.25) is 5.91 Å². The van der Waals surface area contributed by atoms with Gasteiger partial charge >= 0.3 is 0 Å². The average molecular weight is 436 g/mol. The van der Waals surface area contributed by atoms with Gasteiger partial charge in [-0.2, -0.15) is 9.78 Å². The first-order valence-corrected chi connectivity index (χ1v) is 9.74. The van der Waals surface area contributed by atoms with Crippen LogP contribution in [-0.2, 0) is 9.59 Å². The first-order chi connectivity index (χ1) is 15.3. The maximum absolute atomic E-state index is 14.5. The number of hydrogen-bond acceptors (Lipinski definition) is 4. The molecule has 7 nitrogen and oxygen atoms in total. The number of aromatic nitrogens is 2. The van der Waals surface area contributed by atoms with Gasteiger partial charge in [0.15, 0.2) is 0 Å². The van der Waals surface area contributed by atoms with Crippen molar-refractivity contribution in [3.63, 3.8) is 0 Å². The number of carbonyl (C=O) groups is 2. The van der Waals surface area contributed by atoms with E-state index >= 15 is 0 Å². The molecule has 1 aliphatic heterocycles. The number of rotatable bonds is 4. The summed E-state index contributed by atoms with van der Waals surface area (Å²) in [5, 5.41) is 9.13. The molecule has 0 fully saturated rings. The van der Waals surface area contributed by atoms with Gasteiger partial charge in [-0.05, 0) is 48.4 Å². The first-order valence-electron chi connectivity index (χ1n) is 9.74. The molecule has 0 saturated heterocycles. The van der Waals surface area contributed by atoms with Crippen molar-refractivity contribution in [1.29, 1.82) is 0 Å². The molecule has 32 heavy (non-hydrogen) atoms. The summed E-state index contributed by atoms with van der Waals surface area (Å²) in [6, 6.07) is 10.8. The molecule has 0 radical (unpaired) electrons. The number of nitrogens with one attached hydrogen (secondary N) is 2. The van der Waals surface area contributed by atoms with E-state index in [1.54, 1.807) is 6.92 Å². The Morgan fingerprint density at radius 2 is 1.91 bits per heavy atom. The van der Waals surface area contributed by atoms with Crippen molar-refractivity contribution in [2.75, 3.05) is 5.32 Å². The normalized spacial score (nSPS) is 15.7. The summed E-state index contributed by atoms with van der Waals surface area (Å²) in [7, 11) is 0. The maximum Gasteiger partial charge on any atom is 0.271 e. The van der Waals surface area contributed by atoms with Gasteiger partial charge in [-0.15, -0.1) is 0 Å². The average Bonchev–Trinajstić information content (AvgIpc) is 2.76. The lowest BCUT2D eigenvalue weighted by Gasteiger charge is -2.24. The summed E-state index contributed by atoms with van der Waals surface area (Å²) in [5.41, 5.74) is 0.941. The second-order valence-electron chi connectivity index (χ2n) is 7.32. The summed E-state index contributed by atoms with van der Waals surface area (Å²) in [6.45, 7) is 1.61. The zero-order chi connectivity index (χ0) is 22.8. The monoisotopic (exact) mass is 436 g/mol. The van der Waals surface area contributed by atoms with Crippen molar-refractivity contribution < 1.29 is 18.4 Å². The molecule has 0 spiro atoms. The third kappa shape index (κ3) is 4.18. The van der Waals surface area contributed by atoms with E-state index in [2.05, 4.69) is 15.7 Å². The Morgan fingerprint density at radius 1 is 1.16 bits per heavy atom. The number of aryl methyl sites for hydroxylation is 1. The Bertz CT molecular complexity index is 1300. The smallest absolute Gasteiger partial charge is 0.271 e. The molecule has 0 unspecified atom stereocenters. The minimum absolute atomic E-state index is 0.0157. The summed E-state index contributed by atoms with van der Waals surface area (Å²) in [5.74, 6) is -2.47. The number of hydrogen-bond donors (Lipinski definition) is 2. The van der Waals surface area contributed by atoms with Crippen molar-refractivity contribution in [2.24, 2.45) is 0 Å². The minimum Gasteiger partial charge on any atom is -0.332 e. The fourth-order valence-corrected chi connectivity index (χ4v) is 3.52. The van der Waals surface area contributed by atoms with Crippen LogP contribution in [0.3, 0.4) is 0 Å². The molecule has 0 saturated carbocycles. The highest BCUT2D eigenvalue weighted by Crippen LogP contribution is 2.32. The Kier molecular flexibility index (Phi) is 5.63. The summed E-state index contributed by atoms with van der Waals surface area (Å²) >= 11 is 0. The largest absolute Gasteiger partial charge is 0.332 e. The molecule has 1 atom stereocenters. The van der Waals surface area contributed by atoms with Crippen LogP contribution in [0.25, 0.3) is 5.69 Å². The summed E-state index contributed by atoms with van der Waals surface area (Å²) in [4.78, 5) is 37.1. The van der Waals surface area contributed by atoms with Crippen LogP contribution < -0.4 is 16.2 Å². The van der Waals surface area contributed by atoms with E-state index in [1.807, 2.05) is 0 Å². The molecule has 1 aromatic heterocycles. The first kappa shape index (κ1) is 21.1. The van der Waals surface area contributed by atoms with Crippen LogP contribution in [0.5, 0.6) is 0 Å². The fraction of sp³-hybridized carbons (Fsp3) is 0.130. The zero-order valence-corrected chi connectivity index (χ0v) is 16.9. The van der Waals surface area contributed by atoms with Crippen molar-refractivity contribution in [2.45, 2.75) is 19.3 Å². The topological polar surface area (TPSA) is 93.1 Å². The number of benzene rings is 2. The van der Waals surface area contributed by atoms with Crippen LogP contribution in [0.1, 0.15) is 23.5 Å².